The van der Waals surface area contributed by atoms with E-state index in [1.54, 1.807) is 11.9 Å². The van der Waals surface area contributed by atoms with Gasteiger partial charge in [-0.05, 0) is 54.7 Å². The number of H-pyrrole nitrogens is 1. The minimum atomic E-state index is 0.741. The van der Waals surface area contributed by atoms with Crippen molar-refractivity contribution in [3.05, 3.63) is 78.6 Å². The summed E-state index contributed by atoms with van der Waals surface area (Å²) in [5, 5.41) is 0. The summed E-state index contributed by atoms with van der Waals surface area (Å²) >= 11 is 1.75. The highest BCUT2D eigenvalue weighted by molar-refractivity contribution is 7.97. The van der Waals surface area contributed by atoms with Crippen LogP contribution in [0, 0.1) is 5.92 Å². The van der Waals surface area contributed by atoms with Crippen molar-refractivity contribution in [2.24, 2.45) is 5.92 Å². The molecule has 3 aromatic rings. The topological polar surface area (TPSA) is 27.8 Å². The Hall–Kier alpha value is -1.97. The van der Waals surface area contributed by atoms with Crippen molar-refractivity contribution >= 4 is 11.9 Å². The fourth-order valence-corrected chi connectivity index (χ4v) is 4.40. The van der Waals surface area contributed by atoms with Gasteiger partial charge in [0, 0.05) is 29.4 Å². The van der Waals surface area contributed by atoms with Gasteiger partial charge >= 0.3 is 0 Å². The van der Waals surface area contributed by atoms with Crippen LogP contribution in [-0.4, -0.2) is 11.5 Å². The molecule has 2 nitrogen and oxygen atoms in total. The van der Waals surface area contributed by atoms with Gasteiger partial charge in [-0.15, -0.1) is 0 Å². The first-order chi connectivity index (χ1) is 13.4. The molecule has 142 valence electrons. The number of hydrogen-bond acceptors (Lipinski definition) is 2. The first-order valence-electron chi connectivity index (χ1n) is 10.0. The smallest absolute Gasteiger partial charge is 0.0481 e. The molecular weight excluding hydrogens is 348 g/mol. The maximum atomic E-state index is 3.63. The van der Waals surface area contributed by atoms with E-state index in [0.717, 1.165) is 12.5 Å². The van der Waals surface area contributed by atoms with Gasteiger partial charge in [0.05, 0.1) is 0 Å². The maximum Gasteiger partial charge on any atom is 0.0481 e. The third-order valence-corrected chi connectivity index (χ3v) is 5.83. The molecule has 1 unspecified atom stereocenters. The van der Waals surface area contributed by atoms with Gasteiger partial charge in [0.25, 0.3) is 0 Å². The van der Waals surface area contributed by atoms with Crippen molar-refractivity contribution in [3.63, 3.8) is 0 Å². The molecule has 0 aliphatic heterocycles. The van der Waals surface area contributed by atoms with Crippen LogP contribution in [-0.2, 0) is 6.42 Å². The average molecular weight is 379 g/mol. The van der Waals surface area contributed by atoms with E-state index >= 15 is 0 Å². The Morgan fingerprint density at radius 1 is 0.926 bits per heavy atom. The zero-order chi connectivity index (χ0) is 18.7. The average Bonchev–Trinajstić information content (AvgIpc) is 3.18. The summed E-state index contributed by atoms with van der Waals surface area (Å²) in [7, 11) is 0. The van der Waals surface area contributed by atoms with Crippen LogP contribution < -0.4 is 4.72 Å². The molecule has 0 amide bonds. The van der Waals surface area contributed by atoms with Crippen molar-refractivity contribution < 1.29 is 0 Å². The molecule has 0 aliphatic carbocycles. The molecular formula is C24H30N2S. The van der Waals surface area contributed by atoms with Gasteiger partial charge in [0.1, 0.15) is 0 Å². The lowest BCUT2D eigenvalue weighted by atomic mass is 9.96. The molecule has 3 rings (SSSR count). The predicted molar refractivity (Wildman–Crippen MR) is 118 cm³/mol. The van der Waals surface area contributed by atoms with Gasteiger partial charge in [-0.3, -0.25) is 4.72 Å². The van der Waals surface area contributed by atoms with Crippen LogP contribution in [0.4, 0.5) is 0 Å². The van der Waals surface area contributed by atoms with Crippen molar-refractivity contribution in [3.8, 4) is 11.1 Å². The van der Waals surface area contributed by atoms with E-state index in [-0.39, 0.29) is 0 Å². The monoisotopic (exact) mass is 378 g/mol. The third kappa shape index (κ3) is 6.30. The van der Waals surface area contributed by atoms with E-state index in [1.165, 1.54) is 53.7 Å². The Bertz CT molecular complexity index is 767. The minimum absolute atomic E-state index is 0.741. The lowest BCUT2D eigenvalue weighted by Gasteiger charge is -2.16. The number of rotatable bonds is 11. The van der Waals surface area contributed by atoms with Gasteiger partial charge in [-0.2, -0.15) is 0 Å². The van der Waals surface area contributed by atoms with Crippen LogP contribution >= 0.6 is 11.9 Å². The summed E-state index contributed by atoms with van der Waals surface area (Å²) < 4.78 is 3.63. The van der Waals surface area contributed by atoms with Crippen LogP contribution in [0.5, 0.6) is 0 Å². The Morgan fingerprint density at radius 3 is 2.41 bits per heavy atom. The van der Waals surface area contributed by atoms with Gasteiger partial charge < -0.3 is 4.98 Å². The zero-order valence-corrected chi connectivity index (χ0v) is 17.0. The fraction of sp³-hybridized carbons (Fsp3) is 0.333. The number of aromatic nitrogens is 1. The van der Waals surface area contributed by atoms with Crippen LogP contribution in [0.1, 0.15) is 38.2 Å². The number of benzene rings is 2. The van der Waals surface area contributed by atoms with Gasteiger partial charge in [0.15, 0.2) is 0 Å². The fourth-order valence-electron chi connectivity index (χ4n) is 3.51. The number of nitrogens with one attached hydrogen (secondary N) is 2. The molecule has 2 N–H and O–H groups in total. The SMILES string of the molecule is CCCC(CCCc1ccccc1)CNSc1c[nH]cc1-c1ccccc1. The van der Waals surface area contributed by atoms with E-state index in [4.69, 9.17) is 0 Å². The van der Waals surface area contributed by atoms with Crippen LogP contribution in [0.2, 0.25) is 0 Å². The van der Waals surface area contributed by atoms with Crippen molar-refractivity contribution in [1.82, 2.24) is 9.71 Å². The third-order valence-electron chi connectivity index (χ3n) is 4.96. The van der Waals surface area contributed by atoms with Gasteiger partial charge in [0.2, 0.25) is 0 Å². The van der Waals surface area contributed by atoms with E-state index in [0.29, 0.717) is 0 Å². The highest BCUT2D eigenvalue weighted by Gasteiger charge is 2.10. The molecule has 27 heavy (non-hydrogen) atoms. The molecule has 2 aromatic carbocycles. The molecule has 0 radical (unpaired) electrons. The van der Waals surface area contributed by atoms with Crippen molar-refractivity contribution in [2.75, 3.05) is 6.54 Å². The second-order valence-electron chi connectivity index (χ2n) is 7.08. The first-order valence-corrected chi connectivity index (χ1v) is 10.8. The van der Waals surface area contributed by atoms with Crippen LogP contribution in [0.15, 0.2) is 78.0 Å². The molecule has 1 atom stereocenters. The molecule has 1 heterocycles. The Labute approximate surface area is 167 Å². The molecule has 0 saturated heterocycles. The second kappa shape index (κ2) is 11.0. The molecule has 0 fully saturated rings. The summed E-state index contributed by atoms with van der Waals surface area (Å²) in [6.45, 7) is 3.35. The van der Waals surface area contributed by atoms with E-state index in [1.807, 2.05) is 0 Å². The van der Waals surface area contributed by atoms with E-state index in [2.05, 4.69) is 89.7 Å². The summed E-state index contributed by atoms with van der Waals surface area (Å²) in [6.07, 6.45) is 10.5. The van der Waals surface area contributed by atoms with Gasteiger partial charge in [-0.1, -0.05) is 74.0 Å². The molecule has 0 bridgehead atoms. The lowest BCUT2D eigenvalue weighted by Crippen LogP contribution is -2.17. The summed E-state index contributed by atoms with van der Waals surface area (Å²) in [5.41, 5.74) is 3.98. The Morgan fingerprint density at radius 2 is 1.67 bits per heavy atom. The molecule has 3 heteroatoms. The standard InChI is InChI=1S/C24H30N2S/c1-2-10-21(14-9-13-20-11-5-3-6-12-20)17-26-27-24-19-25-18-23(24)22-15-7-4-8-16-22/h3-8,11-12,15-16,18-19,21,25-26H,2,9-10,13-14,17H2,1H3. The normalized spacial score (nSPS) is 12.2. The quantitative estimate of drug-likeness (QED) is 0.363. The summed E-state index contributed by atoms with van der Waals surface area (Å²) in [6, 6.07) is 21.4. The molecule has 1 aromatic heterocycles. The largest absolute Gasteiger partial charge is 0.366 e. The molecule has 0 saturated carbocycles. The van der Waals surface area contributed by atoms with Crippen LogP contribution in [0.3, 0.4) is 0 Å². The number of aryl methyl sites for hydroxylation is 1. The second-order valence-corrected chi connectivity index (χ2v) is 8.01. The molecule has 0 aliphatic rings. The predicted octanol–water partition coefficient (Wildman–Crippen LogP) is 6.72. The Kier molecular flexibility index (Phi) is 8.06. The highest BCUT2D eigenvalue weighted by Crippen LogP contribution is 2.30. The Balaban J connectivity index is 1.47. The highest BCUT2D eigenvalue weighted by atomic mass is 32.2. The lowest BCUT2D eigenvalue weighted by molar-refractivity contribution is 0.432. The van der Waals surface area contributed by atoms with Crippen molar-refractivity contribution in [2.45, 2.75) is 43.9 Å². The van der Waals surface area contributed by atoms with Crippen LogP contribution in [0.25, 0.3) is 11.1 Å². The van der Waals surface area contributed by atoms with Crippen molar-refractivity contribution in [1.29, 1.82) is 0 Å². The summed E-state index contributed by atoms with van der Waals surface area (Å²) in [4.78, 5) is 4.52. The van der Waals surface area contributed by atoms with Gasteiger partial charge in [-0.25, -0.2) is 0 Å². The minimum Gasteiger partial charge on any atom is -0.366 e. The first kappa shape index (κ1) is 19.8. The molecule has 0 spiro atoms. The summed E-state index contributed by atoms with van der Waals surface area (Å²) in [5.74, 6) is 0.741. The maximum absolute atomic E-state index is 3.63. The number of aromatic amines is 1. The zero-order valence-electron chi connectivity index (χ0n) is 16.2. The van der Waals surface area contributed by atoms with E-state index < -0.39 is 0 Å². The number of hydrogen-bond donors (Lipinski definition) is 2. The van der Waals surface area contributed by atoms with E-state index in [9.17, 15) is 0 Å².